The van der Waals surface area contributed by atoms with Crippen molar-refractivity contribution in [2.45, 2.75) is 25.7 Å². The fraction of sp³-hybridized carbons (Fsp3) is 0.375. The molecule has 1 aliphatic rings. The number of carbonyl (C=O) groups is 1. The number of likely N-dealkylation sites (tertiary alicyclic amines) is 1. The Morgan fingerprint density at radius 1 is 1.14 bits per heavy atom. The van der Waals surface area contributed by atoms with Crippen molar-refractivity contribution in [3.8, 4) is 6.07 Å². The van der Waals surface area contributed by atoms with Gasteiger partial charge in [0.05, 0.1) is 10.0 Å². The van der Waals surface area contributed by atoms with Crippen molar-refractivity contribution in [3.63, 3.8) is 0 Å². The molecule has 1 amide bonds. The maximum absolute atomic E-state index is 12.4. The highest BCUT2D eigenvalue weighted by molar-refractivity contribution is 6.42. The molecule has 0 saturated carbocycles. The average molecular weight is 323 g/mol. The van der Waals surface area contributed by atoms with Crippen molar-refractivity contribution in [3.05, 3.63) is 39.4 Å². The molecule has 0 spiro atoms. The third kappa shape index (κ3) is 4.23. The summed E-state index contributed by atoms with van der Waals surface area (Å²) in [6.45, 7) is 1.44. The maximum atomic E-state index is 12.4. The van der Waals surface area contributed by atoms with Gasteiger partial charge in [0.25, 0.3) is 5.91 Å². The maximum Gasteiger partial charge on any atom is 0.264 e. The van der Waals surface area contributed by atoms with Crippen molar-refractivity contribution in [1.29, 1.82) is 5.26 Å². The summed E-state index contributed by atoms with van der Waals surface area (Å²) in [5.41, 5.74) is 0.833. The number of hydrogen-bond acceptors (Lipinski definition) is 2. The number of rotatable bonds is 2. The molecule has 0 atom stereocenters. The monoisotopic (exact) mass is 322 g/mol. The van der Waals surface area contributed by atoms with E-state index in [-0.39, 0.29) is 11.5 Å². The van der Waals surface area contributed by atoms with Crippen LogP contribution in [0.15, 0.2) is 23.8 Å². The zero-order valence-corrected chi connectivity index (χ0v) is 13.1. The van der Waals surface area contributed by atoms with Crippen LogP contribution in [-0.2, 0) is 4.79 Å². The van der Waals surface area contributed by atoms with Crippen LogP contribution in [-0.4, -0.2) is 23.9 Å². The summed E-state index contributed by atoms with van der Waals surface area (Å²) in [6, 6.07) is 7.04. The fourth-order valence-electron chi connectivity index (χ4n) is 2.35. The van der Waals surface area contributed by atoms with Gasteiger partial charge in [0.2, 0.25) is 0 Å². The van der Waals surface area contributed by atoms with Gasteiger partial charge >= 0.3 is 0 Å². The summed E-state index contributed by atoms with van der Waals surface area (Å²) in [6.07, 6.45) is 5.84. The molecule has 1 saturated heterocycles. The van der Waals surface area contributed by atoms with Crippen LogP contribution in [0.3, 0.4) is 0 Å². The Morgan fingerprint density at radius 3 is 2.38 bits per heavy atom. The number of nitriles is 1. The summed E-state index contributed by atoms with van der Waals surface area (Å²) in [5.74, 6) is -0.203. The molecule has 1 aromatic carbocycles. The molecule has 0 radical (unpaired) electrons. The average Bonchev–Trinajstić information content (AvgIpc) is 2.77. The van der Waals surface area contributed by atoms with Gasteiger partial charge in [0.1, 0.15) is 11.6 Å². The van der Waals surface area contributed by atoms with Gasteiger partial charge in [-0.1, -0.05) is 42.1 Å². The molecule has 3 nitrogen and oxygen atoms in total. The third-order valence-corrected chi connectivity index (χ3v) is 4.24. The highest BCUT2D eigenvalue weighted by Crippen LogP contribution is 2.24. The van der Waals surface area contributed by atoms with E-state index in [1.165, 1.54) is 0 Å². The van der Waals surface area contributed by atoms with E-state index in [4.69, 9.17) is 23.2 Å². The van der Waals surface area contributed by atoms with E-state index in [9.17, 15) is 10.1 Å². The van der Waals surface area contributed by atoms with E-state index in [0.29, 0.717) is 15.6 Å². The summed E-state index contributed by atoms with van der Waals surface area (Å²) in [7, 11) is 0. The molecular weight excluding hydrogens is 307 g/mol. The van der Waals surface area contributed by atoms with Crippen molar-refractivity contribution in [1.82, 2.24) is 4.90 Å². The van der Waals surface area contributed by atoms with Crippen LogP contribution >= 0.6 is 23.2 Å². The molecule has 0 N–H and O–H groups in total. The minimum Gasteiger partial charge on any atom is -0.338 e. The van der Waals surface area contributed by atoms with E-state index < -0.39 is 0 Å². The van der Waals surface area contributed by atoms with Gasteiger partial charge in [-0.15, -0.1) is 0 Å². The van der Waals surface area contributed by atoms with Gasteiger partial charge in [-0.3, -0.25) is 4.79 Å². The van der Waals surface area contributed by atoms with Gasteiger partial charge in [-0.25, -0.2) is 0 Å². The lowest BCUT2D eigenvalue weighted by Crippen LogP contribution is -2.32. The van der Waals surface area contributed by atoms with Gasteiger partial charge in [0, 0.05) is 13.1 Å². The lowest BCUT2D eigenvalue weighted by molar-refractivity contribution is -0.126. The second-order valence-corrected chi connectivity index (χ2v) is 5.86. The third-order valence-electron chi connectivity index (χ3n) is 3.50. The molecule has 5 heteroatoms. The number of carbonyl (C=O) groups excluding carboxylic acids is 1. The number of nitrogens with zero attached hydrogens (tertiary/aromatic N) is 2. The second kappa shape index (κ2) is 7.49. The minimum absolute atomic E-state index is 0.135. The molecule has 2 rings (SSSR count). The van der Waals surface area contributed by atoms with Crippen molar-refractivity contribution >= 4 is 35.2 Å². The molecule has 0 unspecified atom stereocenters. The zero-order chi connectivity index (χ0) is 15.2. The lowest BCUT2D eigenvalue weighted by Gasteiger charge is -2.19. The Kier molecular flexibility index (Phi) is 5.67. The fourth-order valence-corrected chi connectivity index (χ4v) is 2.66. The molecular formula is C16H16Cl2N2O. The topological polar surface area (TPSA) is 44.1 Å². The first-order chi connectivity index (χ1) is 10.1. The molecule has 110 valence electrons. The highest BCUT2D eigenvalue weighted by Gasteiger charge is 2.19. The highest BCUT2D eigenvalue weighted by atomic mass is 35.5. The van der Waals surface area contributed by atoms with E-state index in [2.05, 4.69) is 0 Å². The standard InChI is InChI=1S/C16H16Cl2N2O/c17-14-6-5-12(10-15(14)18)9-13(11-19)16(21)20-7-3-1-2-4-8-20/h5-6,9-10H,1-4,7-8H2/b13-9-. The van der Waals surface area contributed by atoms with E-state index >= 15 is 0 Å². The van der Waals surface area contributed by atoms with Gasteiger partial charge < -0.3 is 4.90 Å². The molecule has 1 aromatic rings. The van der Waals surface area contributed by atoms with Crippen molar-refractivity contribution in [2.24, 2.45) is 0 Å². The van der Waals surface area contributed by atoms with Crippen LogP contribution in [0, 0.1) is 11.3 Å². The van der Waals surface area contributed by atoms with Gasteiger partial charge in [-0.2, -0.15) is 5.26 Å². The second-order valence-electron chi connectivity index (χ2n) is 5.05. The predicted molar refractivity (Wildman–Crippen MR) is 85.1 cm³/mol. The lowest BCUT2D eigenvalue weighted by atomic mass is 10.1. The first-order valence-electron chi connectivity index (χ1n) is 6.98. The number of benzene rings is 1. The van der Waals surface area contributed by atoms with Gasteiger partial charge in [0.15, 0.2) is 0 Å². The molecule has 1 aliphatic heterocycles. The Hall–Kier alpha value is -1.50. The van der Waals surface area contributed by atoms with Crippen molar-refractivity contribution in [2.75, 3.05) is 13.1 Å². The molecule has 0 aromatic heterocycles. The van der Waals surface area contributed by atoms with E-state index in [1.807, 2.05) is 6.07 Å². The number of hydrogen-bond donors (Lipinski definition) is 0. The summed E-state index contributed by atoms with van der Waals surface area (Å²) < 4.78 is 0. The van der Waals surface area contributed by atoms with Crippen molar-refractivity contribution < 1.29 is 4.79 Å². The Morgan fingerprint density at radius 2 is 1.81 bits per heavy atom. The Bertz CT molecular complexity index is 597. The SMILES string of the molecule is N#C/C(=C/c1ccc(Cl)c(Cl)c1)C(=O)N1CCCCCC1. The molecule has 1 heterocycles. The van der Waals surface area contributed by atoms with Gasteiger partial charge in [-0.05, 0) is 36.6 Å². The Labute approximate surface area is 134 Å². The number of halogens is 2. The van der Waals surface area contributed by atoms with E-state index in [1.54, 1.807) is 29.2 Å². The predicted octanol–water partition coefficient (Wildman–Crippen LogP) is 4.30. The summed E-state index contributed by atoms with van der Waals surface area (Å²) in [5, 5.41) is 10.1. The molecule has 0 aliphatic carbocycles. The summed E-state index contributed by atoms with van der Waals surface area (Å²) in [4.78, 5) is 14.2. The molecule has 21 heavy (non-hydrogen) atoms. The first kappa shape index (κ1) is 15.9. The van der Waals surface area contributed by atoms with Crippen LogP contribution in [0.2, 0.25) is 10.0 Å². The largest absolute Gasteiger partial charge is 0.338 e. The normalized spacial score (nSPS) is 16.2. The van der Waals surface area contributed by atoms with E-state index in [0.717, 1.165) is 38.8 Å². The quantitative estimate of drug-likeness (QED) is 0.601. The van der Waals surface area contributed by atoms with Crippen LogP contribution in [0.4, 0.5) is 0 Å². The zero-order valence-electron chi connectivity index (χ0n) is 11.6. The molecule has 1 fully saturated rings. The van der Waals surface area contributed by atoms with Crippen LogP contribution < -0.4 is 0 Å². The van der Waals surface area contributed by atoms with Crippen LogP contribution in [0.25, 0.3) is 6.08 Å². The first-order valence-corrected chi connectivity index (χ1v) is 7.73. The smallest absolute Gasteiger partial charge is 0.264 e. The molecule has 0 bridgehead atoms. The minimum atomic E-state index is -0.203. The summed E-state index contributed by atoms with van der Waals surface area (Å²) >= 11 is 11.8. The van der Waals surface area contributed by atoms with Crippen LogP contribution in [0.1, 0.15) is 31.2 Å². The van der Waals surface area contributed by atoms with Crippen LogP contribution in [0.5, 0.6) is 0 Å². The Balaban J connectivity index is 2.21. The number of amides is 1.